The molecule has 2 aliphatic rings. The maximum absolute atomic E-state index is 5.59. The van der Waals surface area contributed by atoms with Crippen molar-refractivity contribution in [1.82, 2.24) is 19.9 Å². The summed E-state index contributed by atoms with van der Waals surface area (Å²) in [6, 6.07) is 26.4. The Morgan fingerprint density at radius 2 is 0.588 bits per heavy atom. The molecule has 0 saturated heterocycles. The topological polar surface area (TPSA) is 72.9 Å². The zero-order valence-corrected chi connectivity index (χ0v) is 45.9. The minimum atomic E-state index is 0. The largest absolute Gasteiger partial charge is 1.00 e. The molecule has 12 heteroatoms. The van der Waals surface area contributed by atoms with Gasteiger partial charge in [0.1, 0.15) is 26.2 Å². The number of fused-ring (bicyclic) bond motifs is 8. The SMILES string of the molecule is CCCC[n+]1cccc(-c2c3nc(c(-c4ccc[n+](CCCC)c4)c4ccc([nH]4)c(-c4ccc[n+](CCCC)c4)c4nc(c(-c5ccc[n+](CCCC)c5)c5ccc2[nH]5)C=C4)C=C3)c1.[Br-].[Br-].[Br-].[Br-]. The Balaban J connectivity index is 0.00000216. The molecule has 7 aromatic heterocycles. The lowest BCUT2D eigenvalue weighted by Gasteiger charge is -2.06. The van der Waals surface area contributed by atoms with E-state index in [1.165, 1.54) is 0 Å². The monoisotopic (exact) mass is 1160 g/mol. The highest BCUT2D eigenvalue weighted by Gasteiger charge is 2.22. The van der Waals surface area contributed by atoms with E-state index >= 15 is 0 Å². The van der Waals surface area contributed by atoms with Crippen molar-refractivity contribution in [1.29, 1.82) is 0 Å². The number of hydrogen-bond donors (Lipinski definition) is 2. The summed E-state index contributed by atoms with van der Waals surface area (Å²) in [5.74, 6) is 0. The van der Waals surface area contributed by atoms with Crippen LogP contribution in [0.25, 0.3) is 90.9 Å². The van der Waals surface area contributed by atoms with E-state index in [9.17, 15) is 0 Å². The molecule has 8 bridgehead atoms. The van der Waals surface area contributed by atoms with Gasteiger partial charge in [-0.3, -0.25) is 0 Å². The fraction of sp³-hybridized carbons (Fsp3) is 0.286. The molecule has 9 rings (SSSR count). The zero-order chi connectivity index (χ0) is 43.8. The van der Waals surface area contributed by atoms with Crippen LogP contribution in [-0.4, -0.2) is 19.9 Å². The van der Waals surface area contributed by atoms with Gasteiger partial charge >= 0.3 is 0 Å². The fourth-order valence-electron chi connectivity index (χ4n) is 9.02. The van der Waals surface area contributed by atoms with Crippen LogP contribution in [0.3, 0.4) is 0 Å². The summed E-state index contributed by atoms with van der Waals surface area (Å²) in [6.07, 6.45) is 35.6. The second-order valence-corrected chi connectivity index (χ2v) is 17.2. The Bertz CT molecular complexity index is 2650. The van der Waals surface area contributed by atoms with Gasteiger partial charge in [0.2, 0.25) is 0 Å². The Labute approximate surface area is 444 Å². The number of halogens is 4. The van der Waals surface area contributed by atoms with Gasteiger partial charge in [-0.1, -0.05) is 53.4 Å². The van der Waals surface area contributed by atoms with Crippen molar-refractivity contribution in [3.05, 3.63) is 145 Å². The maximum atomic E-state index is 5.59. The van der Waals surface area contributed by atoms with Gasteiger partial charge in [-0.2, -0.15) is 0 Å². The second-order valence-electron chi connectivity index (χ2n) is 17.2. The van der Waals surface area contributed by atoms with Crippen LogP contribution in [0, 0.1) is 0 Å². The van der Waals surface area contributed by atoms with Crippen LogP contribution in [0.4, 0.5) is 0 Å². The van der Waals surface area contributed by atoms with Gasteiger partial charge in [0.05, 0.1) is 22.8 Å². The summed E-state index contributed by atoms with van der Waals surface area (Å²) in [4.78, 5) is 19.1. The van der Waals surface area contributed by atoms with Crippen LogP contribution in [0.2, 0.25) is 0 Å². The number of pyridine rings is 4. The van der Waals surface area contributed by atoms with Gasteiger partial charge in [-0.05, 0) is 72.8 Å². The van der Waals surface area contributed by atoms with Gasteiger partial charge in [0, 0.05) is 117 Å². The number of aromatic amines is 2. The lowest BCUT2D eigenvalue weighted by molar-refractivity contribution is -0.697. The van der Waals surface area contributed by atoms with Crippen LogP contribution in [0.5, 0.6) is 0 Å². The van der Waals surface area contributed by atoms with E-state index in [0.717, 1.165) is 167 Å². The van der Waals surface area contributed by atoms with Gasteiger partial charge in [-0.25, -0.2) is 28.2 Å². The van der Waals surface area contributed by atoms with Crippen molar-refractivity contribution in [3.8, 4) is 44.5 Å². The van der Waals surface area contributed by atoms with E-state index < -0.39 is 0 Å². The highest BCUT2D eigenvalue weighted by atomic mass is 79.9. The average Bonchev–Trinajstić information content (AvgIpc) is 4.18. The number of hydrogen-bond acceptors (Lipinski definition) is 2. The van der Waals surface area contributed by atoms with Crippen molar-refractivity contribution in [2.24, 2.45) is 0 Å². The molecule has 0 atom stereocenters. The first-order valence-corrected chi connectivity index (χ1v) is 23.7. The number of unbranched alkanes of at least 4 members (excludes halogenated alkanes) is 4. The van der Waals surface area contributed by atoms with Crippen LogP contribution in [0.15, 0.2) is 122 Å². The first-order chi connectivity index (χ1) is 31.5. The number of aryl methyl sites for hydroxylation is 4. The Morgan fingerprint density at radius 1 is 0.353 bits per heavy atom. The summed E-state index contributed by atoms with van der Waals surface area (Å²) < 4.78 is 9.25. The molecule has 354 valence electrons. The van der Waals surface area contributed by atoms with Gasteiger partial charge in [0.15, 0.2) is 49.6 Å². The first kappa shape index (κ1) is 54.1. The molecule has 0 aromatic carbocycles. The summed E-state index contributed by atoms with van der Waals surface area (Å²) in [5.41, 5.74) is 16.4. The smallest absolute Gasteiger partial charge is 0.176 e. The quantitative estimate of drug-likeness (QED) is 0.131. The molecule has 68 heavy (non-hydrogen) atoms. The van der Waals surface area contributed by atoms with Gasteiger partial charge < -0.3 is 77.9 Å². The second kappa shape index (κ2) is 25.6. The predicted octanol–water partition coefficient (Wildman–Crippen LogP) is -0.310. The van der Waals surface area contributed by atoms with E-state index in [1.807, 2.05) is 0 Å². The third-order valence-corrected chi connectivity index (χ3v) is 12.4. The summed E-state index contributed by atoms with van der Waals surface area (Å²) in [7, 11) is 0. The third-order valence-electron chi connectivity index (χ3n) is 12.4. The van der Waals surface area contributed by atoms with Crippen LogP contribution in [0.1, 0.15) is 102 Å². The molecular formula is C56H62Br4N8. The Kier molecular flexibility index (Phi) is 20.4. The van der Waals surface area contributed by atoms with E-state index in [-0.39, 0.29) is 67.9 Å². The highest BCUT2D eigenvalue weighted by Crippen LogP contribution is 2.37. The van der Waals surface area contributed by atoms with E-state index in [4.69, 9.17) is 9.97 Å². The molecule has 0 aliphatic carbocycles. The molecule has 8 nitrogen and oxygen atoms in total. The maximum Gasteiger partial charge on any atom is 0.176 e. The molecule has 0 fully saturated rings. The Hall–Kier alpha value is -4.88. The number of aromatic nitrogens is 8. The summed E-state index contributed by atoms with van der Waals surface area (Å²) in [5, 5.41) is 0. The molecule has 2 aliphatic heterocycles. The van der Waals surface area contributed by atoms with Crippen LogP contribution in [-0.2, 0) is 26.2 Å². The lowest BCUT2D eigenvalue weighted by Crippen LogP contribution is -3.00. The molecular weight excluding hydrogens is 1100 g/mol. The van der Waals surface area contributed by atoms with E-state index in [2.05, 4.69) is 203 Å². The van der Waals surface area contributed by atoms with Crippen molar-refractivity contribution in [2.75, 3.05) is 0 Å². The molecule has 0 amide bonds. The lowest BCUT2D eigenvalue weighted by atomic mass is 10.1. The molecule has 0 spiro atoms. The van der Waals surface area contributed by atoms with Crippen molar-refractivity contribution in [3.63, 3.8) is 0 Å². The standard InChI is InChI=1S/C56H62N8.4BrH/c1-5-9-29-61-33-13-17-41(37-61)53-45-21-23-47(57-45)54(42-18-14-34-62(38-42)30-10-6-2)49-25-27-51(59-49)56(44-20-16-36-64(40-44)32-12-8-4)52-28-26-50(60-52)55(48-24-22-46(53)58-48)43-19-15-35-63(39-43)31-11-7-3;;;;/h13-28,33-40,57,60H,5-12,29-32H2,1-4H3;4*1H/q+4;;;;/p-4. The zero-order valence-electron chi connectivity index (χ0n) is 39.5. The van der Waals surface area contributed by atoms with Crippen molar-refractivity contribution < 1.29 is 86.2 Å². The van der Waals surface area contributed by atoms with E-state index in [0.29, 0.717) is 0 Å². The molecule has 9 heterocycles. The molecule has 0 radical (unpaired) electrons. The van der Waals surface area contributed by atoms with Crippen LogP contribution >= 0.6 is 0 Å². The third kappa shape index (κ3) is 12.1. The Morgan fingerprint density at radius 3 is 0.809 bits per heavy atom. The van der Waals surface area contributed by atoms with Gasteiger partial charge in [0.25, 0.3) is 0 Å². The van der Waals surface area contributed by atoms with E-state index in [1.54, 1.807) is 0 Å². The number of H-pyrrole nitrogens is 2. The minimum absolute atomic E-state index is 0. The molecule has 0 saturated carbocycles. The predicted molar refractivity (Wildman–Crippen MR) is 261 cm³/mol. The first-order valence-electron chi connectivity index (χ1n) is 23.7. The molecule has 0 unspecified atom stereocenters. The molecule has 2 N–H and O–H groups in total. The summed E-state index contributed by atoms with van der Waals surface area (Å²) >= 11 is 0. The normalized spacial score (nSPS) is 11.4. The number of nitrogens with zero attached hydrogens (tertiary/aromatic N) is 6. The fourth-order valence-corrected chi connectivity index (χ4v) is 9.02. The number of nitrogens with one attached hydrogen (secondary N) is 2. The average molecular weight is 1170 g/mol. The van der Waals surface area contributed by atoms with Crippen LogP contribution < -0.4 is 86.2 Å². The summed E-state index contributed by atoms with van der Waals surface area (Å²) in [6.45, 7) is 12.8. The van der Waals surface area contributed by atoms with Gasteiger partial charge in [-0.15, -0.1) is 0 Å². The van der Waals surface area contributed by atoms with Crippen molar-refractivity contribution >= 4 is 46.4 Å². The highest BCUT2D eigenvalue weighted by molar-refractivity contribution is 5.99. The van der Waals surface area contributed by atoms with Crippen molar-refractivity contribution in [2.45, 2.75) is 105 Å². The number of rotatable bonds is 16. The molecule has 7 aromatic rings. The minimum Gasteiger partial charge on any atom is -1.00 e.